The summed E-state index contributed by atoms with van der Waals surface area (Å²) in [4.78, 5) is 11.6. The molecule has 0 fully saturated rings. The largest absolute Gasteiger partial charge is 0.325 e. The molecule has 2 N–H and O–H groups in total. The molecule has 1 heterocycles. The van der Waals surface area contributed by atoms with Crippen molar-refractivity contribution in [1.29, 1.82) is 0 Å². The van der Waals surface area contributed by atoms with Gasteiger partial charge >= 0.3 is 0 Å². The molecule has 100 valence electrons. The number of nitrogens with one attached hydrogen (secondary N) is 2. The number of thiophene rings is 1. The third-order valence-corrected chi connectivity index (χ3v) is 3.58. The van der Waals surface area contributed by atoms with Gasteiger partial charge in [-0.15, -0.1) is 0 Å². The van der Waals surface area contributed by atoms with Crippen molar-refractivity contribution < 1.29 is 9.18 Å². The minimum atomic E-state index is -0.361. The quantitative estimate of drug-likeness (QED) is 0.883. The van der Waals surface area contributed by atoms with Gasteiger partial charge in [0, 0.05) is 12.2 Å². The first-order chi connectivity index (χ1) is 9.15. The number of aryl methyl sites for hydroxylation is 1. The topological polar surface area (TPSA) is 41.1 Å². The van der Waals surface area contributed by atoms with Gasteiger partial charge in [-0.3, -0.25) is 4.79 Å². The second-order valence-electron chi connectivity index (χ2n) is 4.24. The van der Waals surface area contributed by atoms with Gasteiger partial charge in [0.15, 0.2) is 0 Å². The number of anilines is 1. The van der Waals surface area contributed by atoms with E-state index in [2.05, 4.69) is 21.4 Å². The van der Waals surface area contributed by atoms with Crippen molar-refractivity contribution in [2.24, 2.45) is 0 Å². The zero-order valence-corrected chi connectivity index (χ0v) is 11.4. The van der Waals surface area contributed by atoms with Crippen LogP contribution in [0.2, 0.25) is 0 Å². The number of carbonyl (C=O) groups is 1. The summed E-state index contributed by atoms with van der Waals surface area (Å²) in [6, 6.07) is 5.85. The van der Waals surface area contributed by atoms with Gasteiger partial charge in [0.2, 0.25) is 5.91 Å². The molecule has 0 saturated carbocycles. The molecule has 3 nitrogen and oxygen atoms in total. The SMILES string of the molecule is Cc1cscc1CNCC(=O)Nc1cccc(F)c1. The molecule has 1 amide bonds. The van der Waals surface area contributed by atoms with Crippen LogP contribution in [0.25, 0.3) is 0 Å². The molecule has 5 heteroatoms. The number of rotatable bonds is 5. The molecule has 0 saturated heterocycles. The minimum absolute atomic E-state index is 0.182. The first-order valence-corrected chi connectivity index (χ1v) is 6.87. The maximum Gasteiger partial charge on any atom is 0.238 e. The summed E-state index contributed by atoms with van der Waals surface area (Å²) in [5, 5.41) is 9.84. The normalized spacial score (nSPS) is 10.4. The molecular weight excluding hydrogens is 263 g/mol. The fourth-order valence-corrected chi connectivity index (χ4v) is 2.51. The second kappa shape index (κ2) is 6.45. The monoisotopic (exact) mass is 278 g/mol. The summed E-state index contributed by atoms with van der Waals surface area (Å²) in [5.74, 6) is -0.543. The molecule has 19 heavy (non-hydrogen) atoms. The molecule has 0 radical (unpaired) electrons. The van der Waals surface area contributed by atoms with Gasteiger partial charge in [-0.05, 0) is 47.0 Å². The average molecular weight is 278 g/mol. The number of benzene rings is 1. The summed E-state index contributed by atoms with van der Waals surface area (Å²) in [6.07, 6.45) is 0. The van der Waals surface area contributed by atoms with Gasteiger partial charge in [0.25, 0.3) is 0 Å². The van der Waals surface area contributed by atoms with Crippen molar-refractivity contribution in [3.05, 3.63) is 52.0 Å². The Morgan fingerprint density at radius 1 is 1.37 bits per heavy atom. The number of halogens is 1. The van der Waals surface area contributed by atoms with E-state index in [0.717, 1.165) is 0 Å². The summed E-state index contributed by atoms with van der Waals surface area (Å²) < 4.78 is 12.9. The minimum Gasteiger partial charge on any atom is -0.325 e. The predicted octanol–water partition coefficient (Wildman–Crippen LogP) is 2.92. The zero-order chi connectivity index (χ0) is 13.7. The van der Waals surface area contributed by atoms with E-state index in [1.54, 1.807) is 23.5 Å². The van der Waals surface area contributed by atoms with Crippen LogP contribution in [-0.4, -0.2) is 12.5 Å². The number of hydrogen-bond acceptors (Lipinski definition) is 3. The Balaban J connectivity index is 1.77. The highest BCUT2D eigenvalue weighted by molar-refractivity contribution is 7.08. The highest BCUT2D eigenvalue weighted by atomic mass is 32.1. The molecule has 1 aromatic carbocycles. The Morgan fingerprint density at radius 2 is 2.21 bits per heavy atom. The number of carbonyl (C=O) groups excluding carboxylic acids is 1. The van der Waals surface area contributed by atoms with Crippen molar-refractivity contribution in [2.45, 2.75) is 13.5 Å². The Kier molecular flexibility index (Phi) is 4.65. The lowest BCUT2D eigenvalue weighted by Gasteiger charge is -2.06. The van der Waals surface area contributed by atoms with E-state index in [0.29, 0.717) is 12.2 Å². The van der Waals surface area contributed by atoms with Crippen LogP contribution in [0, 0.1) is 12.7 Å². The van der Waals surface area contributed by atoms with Crippen molar-refractivity contribution in [1.82, 2.24) is 5.32 Å². The van der Waals surface area contributed by atoms with E-state index in [4.69, 9.17) is 0 Å². The predicted molar refractivity (Wildman–Crippen MR) is 75.8 cm³/mol. The van der Waals surface area contributed by atoms with E-state index in [1.807, 2.05) is 6.92 Å². The van der Waals surface area contributed by atoms with E-state index < -0.39 is 0 Å². The van der Waals surface area contributed by atoms with Gasteiger partial charge in [0.05, 0.1) is 6.54 Å². The number of amides is 1. The summed E-state index contributed by atoms with van der Waals surface area (Å²) in [5.41, 5.74) is 2.89. The summed E-state index contributed by atoms with van der Waals surface area (Å²) in [6.45, 7) is 2.90. The number of hydrogen-bond donors (Lipinski definition) is 2. The van der Waals surface area contributed by atoms with Crippen LogP contribution in [0.5, 0.6) is 0 Å². The van der Waals surface area contributed by atoms with Crippen LogP contribution < -0.4 is 10.6 Å². The van der Waals surface area contributed by atoms with Crippen LogP contribution in [-0.2, 0) is 11.3 Å². The van der Waals surface area contributed by atoms with Gasteiger partial charge in [-0.25, -0.2) is 4.39 Å². The van der Waals surface area contributed by atoms with Crippen LogP contribution in [0.3, 0.4) is 0 Å². The fourth-order valence-electron chi connectivity index (χ4n) is 1.65. The lowest BCUT2D eigenvalue weighted by Crippen LogP contribution is -2.27. The maximum atomic E-state index is 12.9. The van der Waals surface area contributed by atoms with Crippen LogP contribution >= 0.6 is 11.3 Å². The fraction of sp³-hybridized carbons (Fsp3) is 0.214. The first kappa shape index (κ1) is 13.7. The van der Waals surface area contributed by atoms with Gasteiger partial charge in [-0.1, -0.05) is 6.07 Å². The Morgan fingerprint density at radius 3 is 2.89 bits per heavy atom. The van der Waals surface area contributed by atoms with E-state index in [1.165, 1.54) is 23.3 Å². The summed E-state index contributed by atoms with van der Waals surface area (Å²) >= 11 is 1.65. The molecule has 0 bridgehead atoms. The first-order valence-electron chi connectivity index (χ1n) is 5.93. The van der Waals surface area contributed by atoms with Crippen molar-refractivity contribution in [3.63, 3.8) is 0 Å². The third-order valence-electron chi connectivity index (χ3n) is 2.67. The summed E-state index contributed by atoms with van der Waals surface area (Å²) in [7, 11) is 0. The van der Waals surface area contributed by atoms with Crippen LogP contribution in [0.15, 0.2) is 35.0 Å². The zero-order valence-electron chi connectivity index (χ0n) is 10.6. The lowest BCUT2D eigenvalue weighted by atomic mass is 10.2. The maximum absolute atomic E-state index is 12.9. The molecule has 1 aromatic heterocycles. The molecule has 0 aliphatic rings. The highest BCUT2D eigenvalue weighted by Crippen LogP contribution is 2.13. The van der Waals surface area contributed by atoms with Crippen LogP contribution in [0.4, 0.5) is 10.1 Å². The molecule has 2 aromatic rings. The van der Waals surface area contributed by atoms with E-state index in [-0.39, 0.29) is 18.3 Å². The van der Waals surface area contributed by atoms with Gasteiger partial charge < -0.3 is 10.6 Å². The molecule has 0 aliphatic heterocycles. The van der Waals surface area contributed by atoms with Gasteiger partial charge in [-0.2, -0.15) is 11.3 Å². The standard InChI is InChI=1S/C14H15FN2OS/c1-10-8-19-9-11(10)6-16-7-14(18)17-13-4-2-3-12(15)5-13/h2-5,8-9,16H,6-7H2,1H3,(H,17,18). The van der Waals surface area contributed by atoms with Crippen LogP contribution in [0.1, 0.15) is 11.1 Å². The average Bonchev–Trinajstić information content (AvgIpc) is 2.75. The molecule has 0 unspecified atom stereocenters. The molecule has 0 aliphatic carbocycles. The molecular formula is C14H15FN2OS. The van der Waals surface area contributed by atoms with Crippen molar-refractivity contribution in [3.8, 4) is 0 Å². The van der Waals surface area contributed by atoms with Crippen molar-refractivity contribution >= 4 is 22.9 Å². The van der Waals surface area contributed by atoms with Gasteiger partial charge in [0.1, 0.15) is 5.82 Å². The Labute approximate surface area is 115 Å². The Bertz CT molecular complexity index is 568. The lowest BCUT2D eigenvalue weighted by molar-refractivity contribution is -0.115. The third kappa shape index (κ3) is 4.15. The highest BCUT2D eigenvalue weighted by Gasteiger charge is 2.04. The smallest absolute Gasteiger partial charge is 0.238 e. The molecule has 0 atom stereocenters. The second-order valence-corrected chi connectivity index (χ2v) is 4.99. The van der Waals surface area contributed by atoms with Crippen molar-refractivity contribution in [2.75, 3.05) is 11.9 Å². The van der Waals surface area contributed by atoms with E-state index >= 15 is 0 Å². The van der Waals surface area contributed by atoms with E-state index in [9.17, 15) is 9.18 Å². The molecule has 2 rings (SSSR count). The molecule has 0 spiro atoms. The Hall–Kier alpha value is -1.72.